The van der Waals surface area contributed by atoms with E-state index < -0.39 is 6.10 Å². The molecule has 0 aromatic heterocycles. The molecule has 0 aliphatic rings. The zero-order chi connectivity index (χ0) is 56.4. The van der Waals surface area contributed by atoms with Gasteiger partial charge in [0.05, 0.1) is 0 Å². The van der Waals surface area contributed by atoms with Gasteiger partial charge in [-0.15, -0.1) is 0 Å². The fourth-order valence-corrected chi connectivity index (χ4v) is 9.20. The Bertz CT molecular complexity index is 1570. The highest BCUT2D eigenvalue weighted by atomic mass is 16.6. The quantitative estimate of drug-likeness (QED) is 0.0261. The number of carbonyl (C=O) groups excluding carboxylic acids is 3. The third-order valence-corrected chi connectivity index (χ3v) is 14.0. The summed E-state index contributed by atoms with van der Waals surface area (Å²) in [4.78, 5) is 38.2. The lowest BCUT2D eigenvalue weighted by molar-refractivity contribution is -0.166. The molecule has 78 heavy (non-hydrogen) atoms. The van der Waals surface area contributed by atoms with Crippen LogP contribution >= 0.6 is 0 Å². The molecule has 6 heteroatoms. The number of rotatable bonds is 59. The molecule has 0 bridgehead atoms. The van der Waals surface area contributed by atoms with Crippen LogP contribution in [0.3, 0.4) is 0 Å². The number of ether oxygens (including phenoxy) is 3. The first-order valence-electron chi connectivity index (χ1n) is 32.9. The molecule has 0 spiro atoms. The summed E-state index contributed by atoms with van der Waals surface area (Å²) in [6.45, 7) is 6.32. The van der Waals surface area contributed by atoms with Gasteiger partial charge in [0, 0.05) is 19.3 Å². The Labute approximate surface area is 482 Å². The van der Waals surface area contributed by atoms with E-state index in [2.05, 4.69) is 118 Å². The predicted molar refractivity (Wildman–Crippen MR) is 339 cm³/mol. The number of hydrogen-bond donors (Lipinski definition) is 0. The van der Waals surface area contributed by atoms with E-state index in [1.807, 2.05) is 12.2 Å². The van der Waals surface area contributed by atoms with Crippen LogP contribution in [0.2, 0.25) is 0 Å². The van der Waals surface area contributed by atoms with Gasteiger partial charge in [0.1, 0.15) is 13.2 Å². The molecule has 0 saturated carbocycles. The molecule has 0 radical (unpaired) electrons. The molecule has 1 unspecified atom stereocenters. The van der Waals surface area contributed by atoms with Crippen LogP contribution in [0, 0.1) is 0 Å². The van der Waals surface area contributed by atoms with Gasteiger partial charge < -0.3 is 14.2 Å². The van der Waals surface area contributed by atoms with E-state index in [1.54, 1.807) is 0 Å². The maximum absolute atomic E-state index is 12.9. The van der Waals surface area contributed by atoms with Crippen molar-refractivity contribution in [3.05, 3.63) is 109 Å². The van der Waals surface area contributed by atoms with Crippen LogP contribution in [0.4, 0.5) is 0 Å². The molecule has 0 aliphatic carbocycles. The SMILES string of the molecule is CC/C=C\C/C=C\C/C=C\C/C=C\C/C=C\CCCC(=O)OC(COC(=O)CC/C=C\C/C=C\C/C=C\C/C=C\CC)COC(=O)CCCCCCCCCCCCCCCCCCCCCCCCCCCCCCCC. The maximum atomic E-state index is 12.9. The van der Waals surface area contributed by atoms with Gasteiger partial charge in [0.15, 0.2) is 6.10 Å². The van der Waals surface area contributed by atoms with E-state index in [0.717, 1.165) is 83.5 Å². The van der Waals surface area contributed by atoms with Crippen molar-refractivity contribution >= 4 is 17.9 Å². The fourth-order valence-electron chi connectivity index (χ4n) is 9.20. The Kier molecular flexibility index (Phi) is 62.3. The van der Waals surface area contributed by atoms with Crippen LogP contribution in [0.1, 0.15) is 310 Å². The van der Waals surface area contributed by atoms with E-state index in [9.17, 15) is 14.4 Å². The van der Waals surface area contributed by atoms with Gasteiger partial charge in [-0.3, -0.25) is 14.4 Å². The molecular formula is C72H122O6. The highest BCUT2D eigenvalue weighted by Crippen LogP contribution is 2.17. The lowest BCUT2D eigenvalue weighted by atomic mass is 10.0. The summed E-state index contributed by atoms with van der Waals surface area (Å²) in [5.41, 5.74) is 0. The average Bonchev–Trinajstić information content (AvgIpc) is 3.44. The van der Waals surface area contributed by atoms with Crippen molar-refractivity contribution in [3.8, 4) is 0 Å². The summed E-state index contributed by atoms with van der Waals surface area (Å²) in [5, 5.41) is 0. The average molecular weight is 1080 g/mol. The van der Waals surface area contributed by atoms with Gasteiger partial charge >= 0.3 is 17.9 Å². The Balaban J connectivity index is 4.27. The first-order chi connectivity index (χ1) is 38.5. The topological polar surface area (TPSA) is 78.9 Å². The number of hydrogen-bond acceptors (Lipinski definition) is 6. The molecule has 446 valence electrons. The van der Waals surface area contributed by atoms with Crippen LogP contribution in [-0.4, -0.2) is 37.2 Å². The minimum atomic E-state index is -0.838. The molecule has 0 heterocycles. The van der Waals surface area contributed by atoms with Gasteiger partial charge in [-0.1, -0.05) is 316 Å². The monoisotopic (exact) mass is 1080 g/mol. The van der Waals surface area contributed by atoms with Crippen LogP contribution in [0.25, 0.3) is 0 Å². The minimum Gasteiger partial charge on any atom is -0.462 e. The van der Waals surface area contributed by atoms with E-state index in [1.165, 1.54) is 173 Å². The summed E-state index contributed by atoms with van der Waals surface area (Å²) >= 11 is 0. The van der Waals surface area contributed by atoms with Crippen molar-refractivity contribution < 1.29 is 28.6 Å². The molecule has 0 N–H and O–H groups in total. The van der Waals surface area contributed by atoms with E-state index >= 15 is 0 Å². The van der Waals surface area contributed by atoms with Crippen LogP contribution in [0.15, 0.2) is 109 Å². The van der Waals surface area contributed by atoms with Gasteiger partial charge in [0.25, 0.3) is 0 Å². The molecule has 6 nitrogen and oxygen atoms in total. The molecule has 0 amide bonds. The van der Waals surface area contributed by atoms with Gasteiger partial charge in [0.2, 0.25) is 0 Å². The highest BCUT2D eigenvalue weighted by Gasteiger charge is 2.19. The van der Waals surface area contributed by atoms with Crippen molar-refractivity contribution in [2.24, 2.45) is 0 Å². The second-order valence-corrected chi connectivity index (χ2v) is 21.6. The maximum Gasteiger partial charge on any atom is 0.306 e. The van der Waals surface area contributed by atoms with Crippen molar-refractivity contribution in [2.75, 3.05) is 13.2 Å². The second-order valence-electron chi connectivity index (χ2n) is 21.6. The Hall–Kier alpha value is -3.93. The summed E-state index contributed by atoms with van der Waals surface area (Å²) in [6, 6.07) is 0. The smallest absolute Gasteiger partial charge is 0.306 e. The Morgan fingerprint density at radius 3 is 0.846 bits per heavy atom. The first kappa shape index (κ1) is 74.1. The zero-order valence-electron chi connectivity index (χ0n) is 51.2. The lowest BCUT2D eigenvalue weighted by Crippen LogP contribution is -2.30. The molecule has 0 rings (SSSR count). The van der Waals surface area contributed by atoms with Crippen molar-refractivity contribution in [1.82, 2.24) is 0 Å². The van der Waals surface area contributed by atoms with Crippen LogP contribution < -0.4 is 0 Å². The molecule has 0 saturated heterocycles. The Morgan fingerprint density at radius 1 is 0.269 bits per heavy atom. The van der Waals surface area contributed by atoms with E-state index in [4.69, 9.17) is 14.2 Å². The number of carbonyl (C=O) groups is 3. The summed E-state index contributed by atoms with van der Waals surface area (Å²) in [7, 11) is 0. The molecule has 0 aliphatic heterocycles. The molecule has 0 aromatic carbocycles. The zero-order valence-corrected chi connectivity index (χ0v) is 51.2. The number of allylic oxidation sites excluding steroid dienone is 18. The van der Waals surface area contributed by atoms with Gasteiger partial charge in [-0.05, 0) is 83.5 Å². The standard InChI is InChI=1S/C72H122O6/c1-4-7-10-13-16-19-22-25-27-29-30-31-32-33-34-35-36-37-38-39-40-41-43-44-47-50-53-56-59-62-65-71(74)77-68-69(67-76-70(73)64-61-58-55-52-49-46-24-21-18-15-12-9-6-3)78-72(75)66-63-60-57-54-51-48-45-42-28-26-23-20-17-14-11-8-5-2/h8-9,11-12,17-18,20-21,26,28,45-46,48-49,54-55,57-58,69H,4-7,10,13-16,19,22-25,27,29-44,47,50-53,56,59-68H2,1-3H3/b11-8-,12-9-,20-17-,21-18-,28-26-,48-45-,49-46-,57-54-,58-55-. The summed E-state index contributed by atoms with van der Waals surface area (Å²) < 4.78 is 16.8. The van der Waals surface area contributed by atoms with E-state index in [0.29, 0.717) is 19.3 Å². The lowest BCUT2D eigenvalue weighted by Gasteiger charge is -2.18. The van der Waals surface area contributed by atoms with Gasteiger partial charge in [-0.2, -0.15) is 0 Å². The summed E-state index contributed by atoms with van der Waals surface area (Å²) in [5.74, 6) is -1.06. The largest absolute Gasteiger partial charge is 0.462 e. The third-order valence-electron chi connectivity index (χ3n) is 14.0. The van der Waals surface area contributed by atoms with Crippen LogP contribution in [0.5, 0.6) is 0 Å². The van der Waals surface area contributed by atoms with Crippen LogP contribution in [-0.2, 0) is 28.6 Å². The molecule has 1 atom stereocenters. The van der Waals surface area contributed by atoms with Crippen molar-refractivity contribution in [2.45, 2.75) is 316 Å². The molecule has 0 aromatic rings. The van der Waals surface area contributed by atoms with Gasteiger partial charge in [-0.25, -0.2) is 0 Å². The fraction of sp³-hybridized carbons (Fsp3) is 0.708. The third kappa shape index (κ3) is 62.9. The highest BCUT2D eigenvalue weighted by molar-refractivity contribution is 5.71. The van der Waals surface area contributed by atoms with Crippen molar-refractivity contribution in [1.29, 1.82) is 0 Å². The van der Waals surface area contributed by atoms with Crippen molar-refractivity contribution in [3.63, 3.8) is 0 Å². The second kappa shape index (κ2) is 65.6. The Morgan fingerprint density at radius 2 is 0.526 bits per heavy atom. The first-order valence-corrected chi connectivity index (χ1v) is 32.9. The van der Waals surface area contributed by atoms with E-state index in [-0.39, 0.29) is 44.0 Å². The molecule has 0 fully saturated rings. The number of unbranched alkanes of at least 4 members (excludes halogenated alkanes) is 30. The summed E-state index contributed by atoms with van der Waals surface area (Å²) in [6.07, 6.45) is 90.1. The molecular weight excluding hydrogens is 961 g/mol. The predicted octanol–water partition coefficient (Wildman–Crippen LogP) is 22.6. The number of esters is 3. The normalized spacial score (nSPS) is 12.8. The minimum absolute atomic E-state index is 0.122.